The zero-order valence-electron chi connectivity index (χ0n) is 17.2. The van der Waals surface area contributed by atoms with E-state index in [1.165, 1.54) is 6.07 Å². The van der Waals surface area contributed by atoms with E-state index in [0.29, 0.717) is 24.6 Å². The van der Waals surface area contributed by atoms with Crippen molar-refractivity contribution in [2.45, 2.75) is 32.9 Å². The number of hydrogen-bond donors (Lipinski definition) is 1. The minimum atomic E-state index is -0.252. The molecule has 2 aromatic rings. The van der Waals surface area contributed by atoms with Crippen molar-refractivity contribution >= 4 is 11.6 Å². The Kier molecular flexibility index (Phi) is 7.61. The topological polar surface area (TPSA) is 44.8 Å². The number of para-hydroxylation sites is 2. The van der Waals surface area contributed by atoms with Crippen LogP contribution in [0.2, 0.25) is 0 Å². The molecule has 1 fully saturated rings. The Morgan fingerprint density at radius 3 is 2.66 bits per heavy atom. The molecule has 0 aliphatic carbocycles. The van der Waals surface area contributed by atoms with Crippen LogP contribution in [0.4, 0.5) is 10.1 Å². The summed E-state index contributed by atoms with van der Waals surface area (Å²) in [5.41, 5.74) is 1.42. The number of carbonyl (C=O) groups is 1. The van der Waals surface area contributed by atoms with Gasteiger partial charge in [-0.25, -0.2) is 4.39 Å². The maximum Gasteiger partial charge on any atom is 0.241 e. The molecule has 0 aromatic heterocycles. The third-order valence-corrected chi connectivity index (χ3v) is 5.35. The molecule has 0 saturated carbocycles. The van der Waals surface area contributed by atoms with Crippen LogP contribution >= 0.6 is 0 Å². The summed E-state index contributed by atoms with van der Waals surface area (Å²) >= 11 is 0. The van der Waals surface area contributed by atoms with Crippen molar-refractivity contribution in [3.63, 3.8) is 0 Å². The van der Waals surface area contributed by atoms with E-state index in [4.69, 9.17) is 4.74 Å². The van der Waals surface area contributed by atoms with Gasteiger partial charge in [-0.05, 0) is 45.0 Å². The average Bonchev–Trinajstić information content (AvgIpc) is 2.96. The second-order valence-corrected chi connectivity index (χ2v) is 7.35. The highest BCUT2D eigenvalue weighted by Gasteiger charge is 2.25. The number of nitrogens with zero attached hydrogens (tertiary/aromatic N) is 2. The molecular formula is C23H30FN3O2. The summed E-state index contributed by atoms with van der Waals surface area (Å²) in [6, 6.07) is 14.2. The first-order chi connectivity index (χ1) is 14.1. The molecule has 6 heteroatoms. The zero-order valence-corrected chi connectivity index (χ0v) is 17.2. The van der Waals surface area contributed by atoms with E-state index in [0.717, 1.165) is 38.2 Å². The van der Waals surface area contributed by atoms with E-state index in [1.807, 2.05) is 50.2 Å². The summed E-state index contributed by atoms with van der Waals surface area (Å²) in [4.78, 5) is 17.3. The predicted octanol–water partition coefficient (Wildman–Crippen LogP) is 3.76. The molecule has 1 aliphatic rings. The fourth-order valence-corrected chi connectivity index (χ4v) is 3.66. The number of nitrogens with one attached hydrogen (secondary N) is 1. The number of hydrogen-bond acceptors (Lipinski definition) is 4. The van der Waals surface area contributed by atoms with E-state index in [2.05, 4.69) is 15.1 Å². The van der Waals surface area contributed by atoms with Crippen molar-refractivity contribution in [3.05, 3.63) is 59.9 Å². The lowest BCUT2D eigenvalue weighted by atomic mass is 10.2. The average molecular weight is 400 g/mol. The first-order valence-corrected chi connectivity index (χ1v) is 10.3. The van der Waals surface area contributed by atoms with Crippen LogP contribution in [0.1, 0.15) is 25.8 Å². The molecule has 0 bridgehead atoms. The van der Waals surface area contributed by atoms with Gasteiger partial charge < -0.3 is 10.1 Å². The van der Waals surface area contributed by atoms with Crippen LogP contribution in [-0.2, 0) is 11.3 Å². The number of halogens is 1. The monoisotopic (exact) mass is 399 g/mol. The Bertz CT molecular complexity index is 814. The highest BCUT2D eigenvalue weighted by atomic mass is 19.1. The Labute approximate surface area is 172 Å². The number of benzene rings is 2. The first kappa shape index (κ1) is 21.3. The zero-order chi connectivity index (χ0) is 20.6. The summed E-state index contributed by atoms with van der Waals surface area (Å²) in [5, 5.41) is 3.00. The highest BCUT2D eigenvalue weighted by molar-refractivity contribution is 5.95. The predicted molar refractivity (Wildman–Crippen MR) is 114 cm³/mol. The van der Waals surface area contributed by atoms with Gasteiger partial charge in [-0.15, -0.1) is 0 Å². The maximum absolute atomic E-state index is 14.0. The lowest BCUT2D eigenvalue weighted by Gasteiger charge is -2.27. The molecule has 2 aromatic carbocycles. The lowest BCUT2D eigenvalue weighted by Crippen LogP contribution is -2.43. The molecule has 1 unspecified atom stereocenters. The molecule has 1 atom stereocenters. The second-order valence-electron chi connectivity index (χ2n) is 7.35. The van der Waals surface area contributed by atoms with Gasteiger partial charge in [-0.2, -0.15) is 0 Å². The number of rotatable bonds is 7. The van der Waals surface area contributed by atoms with Crippen LogP contribution in [-0.4, -0.2) is 54.5 Å². The minimum absolute atomic E-state index is 0.0419. The number of anilines is 1. The van der Waals surface area contributed by atoms with E-state index in [1.54, 1.807) is 6.07 Å². The third kappa shape index (κ3) is 5.78. The molecule has 29 heavy (non-hydrogen) atoms. The Morgan fingerprint density at radius 2 is 1.86 bits per heavy atom. The van der Waals surface area contributed by atoms with Crippen molar-refractivity contribution in [1.29, 1.82) is 0 Å². The van der Waals surface area contributed by atoms with Crippen LogP contribution < -0.4 is 10.1 Å². The molecule has 0 spiro atoms. The van der Waals surface area contributed by atoms with Gasteiger partial charge in [0, 0.05) is 31.7 Å². The van der Waals surface area contributed by atoms with E-state index in [9.17, 15) is 9.18 Å². The fraction of sp³-hybridized carbons (Fsp3) is 0.435. The summed E-state index contributed by atoms with van der Waals surface area (Å²) in [6.07, 6.45) is 0.946. The Morgan fingerprint density at radius 1 is 1.10 bits per heavy atom. The molecular weight excluding hydrogens is 369 g/mol. The van der Waals surface area contributed by atoms with Crippen LogP contribution in [0.3, 0.4) is 0 Å². The van der Waals surface area contributed by atoms with Gasteiger partial charge in [0.25, 0.3) is 0 Å². The van der Waals surface area contributed by atoms with Gasteiger partial charge in [0.05, 0.1) is 18.3 Å². The first-order valence-electron chi connectivity index (χ1n) is 10.3. The molecule has 0 radical (unpaired) electrons. The smallest absolute Gasteiger partial charge is 0.241 e. The summed E-state index contributed by atoms with van der Waals surface area (Å²) in [6.45, 7) is 8.32. The number of carbonyl (C=O) groups excluding carboxylic acids is 1. The molecule has 1 heterocycles. The third-order valence-electron chi connectivity index (χ3n) is 5.35. The standard InChI is InChI=1S/C23H30FN3O2/c1-3-29-22-12-7-6-11-21(22)25-23(28)18(2)27-14-8-13-26(15-16-27)17-19-9-4-5-10-20(19)24/h4-7,9-12,18H,3,8,13-17H2,1-2H3,(H,25,28). The summed E-state index contributed by atoms with van der Waals surface area (Å²) < 4.78 is 19.5. The fourth-order valence-electron chi connectivity index (χ4n) is 3.66. The molecule has 5 nitrogen and oxygen atoms in total. The van der Waals surface area contributed by atoms with Crippen LogP contribution in [0.25, 0.3) is 0 Å². The van der Waals surface area contributed by atoms with E-state index in [-0.39, 0.29) is 17.8 Å². The quantitative estimate of drug-likeness (QED) is 0.770. The molecule has 1 N–H and O–H groups in total. The van der Waals surface area contributed by atoms with Crippen LogP contribution in [0.5, 0.6) is 5.75 Å². The second kappa shape index (κ2) is 10.4. The van der Waals surface area contributed by atoms with Crippen molar-refractivity contribution in [2.24, 2.45) is 0 Å². The van der Waals surface area contributed by atoms with Gasteiger partial charge in [0.1, 0.15) is 11.6 Å². The van der Waals surface area contributed by atoms with Gasteiger partial charge in [0.15, 0.2) is 0 Å². The van der Waals surface area contributed by atoms with Crippen molar-refractivity contribution in [1.82, 2.24) is 9.80 Å². The van der Waals surface area contributed by atoms with E-state index < -0.39 is 0 Å². The minimum Gasteiger partial charge on any atom is -0.492 e. The van der Waals surface area contributed by atoms with Crippen molar-refractivity contribution in [3.8, 4) is 5.75 Å². The highest BCUT2D eigenvalue weighted by Crippen LogP contribution is 2.24. The molecule has 1 saturated heterocycles. The molecule has 1 aliphatic heterocycles. The summed E-state index contributed by atoms with van der Waals surface area (Å²) in [7, 11) is 0. The van der Waals surface area contributed by atoms with Gasteiger partial charge >= 0.3 is 0 Å². The normalized spacial score (nSPS) is 16.8. The van der Waals surface area contributed by atoms with Crippen molar-refractivity contribution < 1.29 is 13.9 Å². The SMILES string of the molecule is CCOc1ccccc1NC(=O)C(C)N1CCCN(Cc2ccccc2F)CC1. The lowest BCUT2D eigenvalue weighted by molar-refractivity contribution is -0.120. The van der Waals surface area contributed by atoms with Crippen molar-refractivity contribution in [2.75, 3.05) is 38.1 Å². The summed E-state index contributed by atoms with van der Waals surface area (Å²) in [5.74, 6) is 0.483. The van der Waals surface area contributed by atoms with E-state index >= 15 is 0 Å². The van der Waals surface area contributed by atoms with Crippen LogP contribution in [0.15, 0.2) is 48.5 Å². The Hall–Kier alpha value is -2.44. The molecule has 156 valence electrons. The molecule has 1 amide bonds. The van der Waals surface area contributed by atoms with Crippen LogP contribution in [0, 0.1) is 5.82 Å². The van der Waals surface area contributed by atoms with Gasteiger partial charge in [-0.3, -0.25) is 14.6 Å². The Balaban J connectivity index is 1.57. The number of amides is 1. The maximum atomic E-state index is 14.0. The number of ether oxygens (including phenoxy) is 1. The largest absolute Gasteiger partial charge is 0.492 e. The van der Waals surface area contributed by atoms with Gasteiger partial charge in [0.2, 0.25) is 5.91 Å². The van der Waals surface area contributed by atoms with Gasteiger partial charge in [-0.1, -0.05) is 30.3 Å². The molecule has 3 rings (SSSR count).